The van der Waals surface area contributed by atoms with Crippen molar-refractivity contribution in [3.8, 4) is 6.07 Å². The van der Waals surface area contributed by atoms with Crippen molar-refractivity contribution < 1.29 is 0 Å². The second-order valence-electron chi connectivity index (χ2n) is 3.73. The van der Waals surface area contributed by atoms with Crippen LogP contribution in [-0.4, -0.2) is 15.0 Å². The third-order valence-corrected chi connectivity index (χ3v) is 2.88. The molecule has 0 unspecified atom stereocenters. The minimum absolute atomic E-state index is 0.336. The van der Waals surface area contributed by atoms with Crippen LogP contribution in [0.1, 0.15) is 31.2 Å². The van der Waals surface area contributed by atoms with Crippen molar-refractivity contribution in [2.45, 2.75) is 19.8 Å². The molecule has 0 spiro atoms. The van der Waals surface area contributed by atoms with E-state index in [-0.39, 0.29) is 0 Å². The fourth-order valence-electron chi connectivity index (χ4n) is 1.19. The van der Waals surface area contributed by atoms with Crippen LogP contribution in [0.15, 0.2) is 17.6 Å². The molecule has 0 fully saturated rings. The highest BCUT2D eigenvalue weighted by Gasteiger charge is 2.07. The monoisotopic (exact) mass is 245 g/mol. The molecule has 2 rings (SSSR count). The van der Waals surface area contributed by atoms with Crippen molar-refractivity contribution in [2.75, 3.05) is 5.32 Å². The Hall–Kier alpha value is -2.00. The van der Waals surface area contributed by atoms with E-state index in [9.17, 15) is 0 Å². The molecule has 0 bridgehead atoms. The minimum atomic E-state index is 0.336. The Bertz CT molecular complexity index is 555. The van der Waals surface area contributed by atoms with Gasteiger partial charge in [0.1, 0.15) is 11.8 Å². The maximum absolute atomic E-state index is 8.72. The van der Waals surface area contributed by atoms with Crippen LogP contribution in [0.4, 0.5) is 11.1 Å². The predicted octanol–water partition coefficient (Wildman–Crippen LogP) is 2.67. The number of anilines is 2. The quantitative estimate of drug-likeness (QED) is 0.899. The van der Waals surface area contributed by atoms with Gasteiger partial charge in [0.2, 0.25) is 5.95 Å². The lowest BCUT2D eigenvalue weighted by Crippen LogP contribution is -1.98. The molecule has 17 heavy (non-hydrogen) atoms. The fourth-order valence-corrected chi connectivity index (χ4v) is 2.05. The lowest BCUT2D eigenvalue weighted by molar-refractivity contribution is 0.834. The minimum Gasteiger partial charge on any atom is -0.300 e. The van der Waals surface area contributed by atoms with Crippen molar-refractivity contribution in [3.63, 3.8) is 0 Å². The SMILES string of the molecule is CC(C)c1csc(Nc2nccc(C#N)n2)n1. The molecule has 0 aliphatic rings. The van der Waals surface area contributed by atoms with E-state index in [1.54, 1.807) is 12.3 Å². The molecule has 2 heterocycles. The van der Waals surface area contributed by atoms with Gasteiger partial charge in [0.25, 0.3) is 0 Å². The molecule has 0 aromatic carbocycles. The van der Waals surface area contributed by atoms with Gasteiger partial charge in [-0.1, -0.05) is 13.8 Å². The van der Waals surface area contributed by atoms with Gasteiger partial charge in [-0.2, -0.15) is 5.26 Å². The number of thiazole rings is 1. The van der Waals surface area contributed by atoms with E-state index in [1.807, 2.05) is 11.4 Å². The van der Waals surface area contributed by atoms with Crippen molar-refractivity contribution in [1.82, 2.24) is 15.0 Å². The summed E-state index contributed by atoms with van der Waals surface area (Å²) in [5.74, 6) is 0.793. The Kier molecular flexibility index (Phi) is 3.30. The number of rotatable bonds is 3. The molecule has 0 amide bonds. The molecule has 6 heteroatoms. The zero-order chi connectivity index (χ0) is 12.3. The first-order valence-corrected chi connectivity index (χ1v) is 6.02. The summed E-state index contributed by atoms with van der Waals surface area (Å²) >= 11 is 1.50. The van der Waals surface area contributed by atoms with E-state index in [0.717, 1.165) is 10.8 Å². The van der Waals surface area contributed by atoms with E-state index in [4.69, 9.17) is 5.26 Å². The number of nitriles is 1. The number of hydrogen-bond donors (Lipinski definition) is 1. The second kappa shape index (κ2) is 4.89. The van der Waals surface area contributed by atoms with Crippen LogP contribution in [0, 0.1) is 11.3 Å². The smallest absolute Gasteiger partial charge is 0.230 e. The van der Waals surface area contributed by atoms with E-state index >= 15 is 0 Å². The molecule has 0 aliphatic carbocycles. The largest absolute Gasteiger partial charge is 0.300 e. The van der Waals surface area contributed by atoms with E-state index in [1.165, 1.54) is 11.3 Å². The van der Waals surface area contributed by atoms with E-state index in [0.29, 0.717) is 17.6 Å². The standard InChI is InChI=1S/C11H11N5S/c1-7(2)9-6-17-11(15-9)16-10-13-4-3-8(5-12)14-10/h3-4,6-7H,1-2H3,(H,13,14,15,16). The molecule has 0 aliphatic heterocycles. The lowest BCUT2D eigenvalue weighted by Gasteiger charge is -2.00. The zero-order valence-corrected chi connectivity index (χ0v) is 10.3. The van der Waals surface area contributed by atoms with Gasteiger partial charge in [-0.15, -0.1) is 11.3 Å². The summed E-state index contributed by atoms with van der Waals surface area (Å²) in [6.45, 7) is 4.18. The normalized spacial score (nSPS) is 10.2. The Morgan fingerprint density at radius 2 is 2.24 bits per heavy atom. The third kappa shape index (κ3) is 2.77. The van der Waals surface area contributed by atoms with Crippen LogP contribution in [-0.2, 0) is 0 Å². The second-order valence-corrected chi connectivity index (χ2v) is 4.59. The summed E-state index contributed by atoms with van der Waals surface area (Å²) < 4.78 is 0. The first-order valence-electron chi connectivity index (χ1n) is 5.14. The Labute approximate surface area is 103 Å². The highest BCUT2D eigenvalue weighted by Crippen LogP contribution is 2.23. The predicted molar refractivity (Wildman–Crippen MR) is 66.2 cm³/mol. The average molecular weight is 245 g/mol. The first-order chi connectivity index (χ1) is 8.19. The summed E-state index contributed by atoms with van der Waals surface area (Å²) in [5, 5.41) is 14.5. The topological polar surface area (TPSA) is 74.5 Å². The van der Waals surface area contributed by atoms with Crippen molar-refractivity contribution >= 4 is 22.4 Å². The Morgan fingerprint density at radius 3 is 2.88 bits per heavy atom. The summed E-state index contributed by atoms with van der Waals surface area (Å²) in [6, 6.07) is 3.53. The highest BCUT2D eigenvalue weighted by molar-refractivity contribution is 7.13. The molecule has 0 atom stereocenters. The molecule has 2 aromatic heterocycles. The Balaban J connectivity index is 2.17. The van der Waals surface area contributed by atoms with Gasteiger partial charge in [0.15, 0.2) is 5.13 Å². The van der Waals surface area contributed by atoms with Gasteiger partial charge in [-0.25, -0.2) is 15.0 Å². The molecule has 2 aromatic rings. The first kappa shape index (κ1) is 11.5. The number of nitrogens with zero attached hydrogens (tertiary/aromatic N) is 4. The molecular weight excluding hydrogens is 234 g/mol. The van der Waals surface area contributed by atoms with Crippen LogP contribution in [0.25, 0.3) is 0 Å². The lowest BCUT2D eigenvalue weighted by atomic mass is 10.2. The molecule has 1 N–H and O–H groups in total. The summed E-state index contributed by atoms with van der Waals surface area (Å²) in [6.07, 6.45) is 1.55. The molecule has 0 saturated carbocycles. The Morgan fingerprint density at radius 1 is 1.41 bits per heavy atom. The van der Waals surface area contributed by atoms with Gasteiger partial charge in [0, 0.05) is 11.6 Å². The molecular formula is C11H11N5S. The van der Waals surface area contributed by atoms with Gasteiger partial charge >= 0.3 is 0 Å². The van der Waals surface area contributed by atoms with Crippen molar-refractivity contribution in [2.24, 2.45) is 0 Å². The van der Waals surface area contributed by atoms with Crippen LogP contribution in [0.5, 0.6) is 0 Å². The average Bonchev–Trinajstić information content (AvgIpc) is 2.78. The maximum atomic E-state index is 8.72. The van der Waals surface area contributed by atoms with Gasteiger partial charge < -0.3 is 5.32 Å². The molecule has 5 nitrogen and oxygen atoms in total. The zero-order valence-electron chi connectivity index (χ0n) is 9.51. The van der Waals surface area contributed by atoms with Gasteiger partial charge in [-0.05, 0) is 12.0 Å². The molecule has 0 radical (unpaired) electrons. The maximum Gasteiger partial charge on any atom is 0.230 e. The molecule has 0 saturated heterocycles. The van der Waals surface area contributed by atoms with Gasteiger partial charge in [0.05, 0.1) is 5.69 Å². The van der Waals surface area contributed by atoms with E-state index in [2.05, 4.69) is 34.1 Å². The highest BCUT2D eigenvalue weighted by atomic mass is 32.1. The fraction of sp³-hybridized carbons (Fsp3) is 0.273. The summed E-state index contributed by atoms with van der Waals surface area (Å²) in [4.78, 5) is 12.5. The van der Waals surface area contributed by atoms with Gasteiger partial charge in [-0.3, -0.25) is 0 Å². The number of hydrogen-bond acceptors (Lipinski definition) is 6. The summed E-state index contributed by atoms with van der Waals surface area (Å²) in [7, 11) is 0. The summed E-state index contributed by atoms with van der Waals surface area (Å²) in [5.41, 5.74) is 1.37. The van der Waals surface area contributed by atoms with Crippen molar-refractivity contribution in [1.29, 1.82) is 5.26 Å². The van der Waals surface area contributed by atoms with E-state index < -0.39 is 0 Å². The van der Waals surface area contributed by atoms with Crippen LogP contribution in [0.3, 0.4) is 0 Å². The van der Waals surface area contributed by atoms with Crippen LogP contribution in [0.2, 0.25) is 0 Å². The number of nitrogens with one attached hydrogen (secondary N) is 1. The van der Waals surface area contributed by atoms with Crippen LogP contribution < -0.4 is 5.32 Å². The number of aromatic nitrogens is 3. The molecule has 86 valence electrons. The van der Waals surface area contributed by atoms with Crippen LogP contribution >= 0.6 is 11.3 Å². The van der Waals surface area contributed by atoms with Crippen molar-refractivity contribution in [3.05, 3.63) is 29.0 Å². The third-order valence-electron chi connectivity index (χ3n) is 2.10.